The van der Waals surface area contributed by atoms with Crippen LogP contribution in [0.15, 0.2) is 18.2 Å². The van der Waals surface area contributed by atoms with Gasteiger partial charge in [-0.15, -0.1) is 0 Å². The average Bonchev–Trinajstić information content (AvgIpc) is 2.26. The topological polar surface area (TPSA) is 55.2 Å². The Morgan fingerprint density at radius 2 is 2.18 bits per heavy atom. The van der Waals surface area contributed by atoms with Gasteiger partial charge in [0, 0.05) is 12.6 Å². The minimum absolute atomic E-state index is 0.152. The molecule has 0 radical (unpaired) electrons. The number of hydrogen-bond acceptors (Lipinski definition) is 3. The number of anilines is 1. The lowest BCUT2D eigenvalue weighted by atomic mass is 10.1. The molecule has 0 aliphatic carbocycles. The fourth-order valence-electron chi connectivity index (χ4n) is 1.83. The summed E-state index contributed by atoms with van der Waals surface area (Å²) in [5, 5.41) is 14.0. The molecule has 1 aromatic carbocycles. The van der Waals surface area contributed by atoms with E-state index in [0.29, 0.717) is 11.6 Å². The van der Waals surface area contributed by atoms with Crippen LogP contribution < -0.4 is 5.32 Å². The van der Waals surface area contributed by atoms with Crippen molar-refractivity contribution in [3.8, 4) is 0 Å². The number of hydrogen-bond donors (Lipinski definition) is 1. The van der Waals surface area contributed by atoms with Crippen molar-refractivity contribution in [2.24, 2.45) is 5.92 Å². The van der Waals surface area contributed by atoms with Gasteiger partial charge in [-0.05, 0) is 30.9 Å². The van der Waals surface area contributed by atoms with Crippen molar-refractivity contribution in [3.05, 3.63) is 33.9 Å². The molecule has 4 heteroatoms. The molecule has 0 aliphatic heterocycles. The van der Waals surface area contributed by atoms with Gasteiger partial charge in [0.05, 0.1) is 4.92 Å². The van der Waals surface area contributed by atoms with Crippen molar-refractivity contribution in [1.82, 2.24) is 0 Å². The first-order valence-corrected chi connectivity index (χ1v) is 6.03. The zero-order valence-electron chi connectivity index (χ0n) is 10.7. The number of aryl methyl sites for hydroxylation is 1. The van der Waals surface area contributed by atoms with Crippen LogP contribution in [0.1, 0.15) is 32.3 Å². The third-order valence-electron chi connectivity index (χ3n) is 2.77. The number of nitrogens with zero attached hydrogens (tertiary/aromatic N) is 1. The van der Waals surface area contributed by atoms with Crippen LogP contribution in [0.5, 0.6) is 0 Å². The maximum absolute atomic E-state index is 10.9. The summed E-state index contributed by atoms with van der Waals surface area (Å²) < 4.78 is 0. The first-order chi connectivity index (χ1) is 8.04. The Balaban J connectivity index is 2.75. The highest BCUT2D eigenvalue weighted by atomic mass is 16.6. The normalized spacial score (nSPS) is 12.2. The molecule has 1 atom stereocenters. The van der Waals surface area contributed by atoms with Gasteiger partial charge in [0.15, 0.2) is 0 Å². The highest BCUT2D eigenvalue weighted by molar-refractivity contribution is 5.62. The number of nitrogens with one attached hydrogen (secondary N) is 1. The Labute approximate surface area is 102 Å². The number of nitro groups is 1. The van der Waals surface area contributed by atoms with E-state index in [-0.39, 0.29) is 10.6 Å². The minimum Gasteiger partial charge on any atom is -0.379 e. The molecule has 0 spiro atoms. The molecule has 1 N–H and O–H groups in total. The molecule has 0 saturated carbocycles. The number of rotatable bonds is 6. The molecule has 0 heterocycles. The fourth-order valence-corrected chi connectivity index (χ4v) is 1.83. The predicted molar refractivity (Wildman–Crippen MR) is 70.4 cm³/mol. The molecule has 0 aliphatic rings. The third-order valence-corrected chi connectivity index (χ3v) is 2.77. The van der Waals surface area contributed by atoms with E-state index < -0.39 is 0 Å². The molecule has 4 nitrogen and oxygen atoms in total. The van der Waals surface area contributed by atoms with Crippen LogP contribution in [0.2, 0.25) is 0 Å². The van der Waals surface area contributed by atoms with Gasteiger partial charge in [-0.2, -0.15) is 0 Å². The van der Waals surface area contributed by atoms with Crippen molar-refractivity contribution in [3.63, 3.8) is 0 Å². The van der Waals surface area contributed by atoms with Gasteiger partial charge in [-0.1, -0.05) is 26.3 Å². The van der Waals surface area contributed by atoms with E-state index >= 15 is 0 Å². The number of benzene rings is 1. The second kappa shape index (κ2) is 6.23. The van der Waals surface area contributed by atoms with Gasteiger partial charge in [-0.3, -0.25) is 10.1 Å². The maximum Gasteiger partial charge on any atom is 0.292 e. The third kappa shape index (κ3) is 4.06. The first kappa shape index (κ1) is 13.5. The van der Waals surface area contributed by atoms with Crippen molar-refractivity contribution in [2.75, 3.05) is 11.9 Å². The molecule has 0 fully saturated rings. The van der Waals surface area contributed by atoms with Gasteiger partial charge in [0.1, 0.15) is 5.69 Å². The number of nitro benzene ring substituents is 1. The summed E-state index contributed by atoms with van der Waals surface area (Å²) in [5.41, 5.74) is 1.80. The summed E-state index contributed by atoms with van der Waals surface area (Å²) in [4.78, 5) is 10.5. The zero-order valence-corrected chi connectivity index (χ0v) is 10.7. The Kier molecular flexibility index (Phi) is 4.94. The highest BCUT2D eigenvalue weighted by Gasteiger charge is 2.13. The molecule has 1 aromatic rings. The lowest BCUT2D eigenvalue weighted by Crippen LogP contribution is -2.12. The van der Waals surface area contributed by atoms with E-state index in [1.165, 1.54) is 0 Å². The molecule has 94 valence electrons. The molecular formula is C13H20N2O2. The average molecular weight is 236 g/mol. The minimum atomic E-state index is -0.341. The molecular weight excluding hydrogens is 216 g/mol. The van der Waals surface area contributed by atoms with Gasteiger partial charge in [0.25, 0.3) is 5.69 Å². The molecule has 0 saturated heterocycles. The van der Waals surface area contributed by atoms with Crippen LogP contribution in [0.4, 0.5) is 11.4 Å². The van der Waals surface area contributed by atoms with E-state index in [1.807, 2.05) is 13.0 Å². The van der Waals surface area contributed by atoms with Crippen molar-refractivity contribution < 1.29 is 4.92 Å². The van der Waals surface area contributed by atoms with Gasteiger partial charge in [-0.25, -0.2) is 0 Å². The van der Waals surface area contributed by atoms with E-state index in [0.717, 1.165) is 24.9 Å². The van der Waals surface area contributed by atoms with Crippen LogP contribution in [0.25, 0.3) is 0 Å². The summed E-state index contributed by atoms with van der Waals surface area (Å²) >= 11 is 0. The van der Waals surface area contributed by atoms with E-state index in [1.54, 1.807) is 12.1 Å². The van der Waals surface area contributed by atoms with E-state index in [9.17, 15) is 10.1 Å². The first-order valence-electron chi connectivity index (χ1n) is 6.03. The quantitative estimate of drug-likeness (QED) is 0.604. The maximum atomic E-state index is 10.9. The standard InChI is InChI=1S/C13H20N2O2/c1-4-5-11(3)9-14-12-8-10(2)6-7-13(12)15(16)17/h6-8,11,14H,4-5,9H2,1-3H3. The van der Waals surface area contributed by atoms with Crippen LogP contribution in [0, 0.1) is 23.0 Å². The lowest BCUT2D eigenvalue weighted by Gasteiger charge is -2.13. The molecule has 1 rings (SSSR count). The highest BCUT2D eigenvalue weighted by Crippen LogP contribution is 2.25. The SMILES string of the molecule is CCCC(C)CNc1cc(C)ccc1[N+](=O)[O-]. The molecule has 0 bridgehead atoms. The van der Waals surface area contributed by atoms with Gasteiger partial charge >= 0.3 is 0 Å². The Bertz CT molecular complexity index is 391. The summed E-state index contributed by atoms with van der Waals surface area (Å²) in [7, 11) is 0. The van der Waals surface area contributed by atoms with Crippen LogP contribution in [-0.2, 0) is 0 Å². The lowest BCUT2D eigenvalue weighted by molar-refractivity contribution is -0.384. The van der Waals surface area contributed by atoms with Gasteiger partial charge < -0.3 is 5.32 Å². The van der Waals surface area contributed by atoms with Gasteiger partial charge in [0.2, 0.25) is 0 Å². The molecule has 1 unspecified atom stereocenters. The van der Waals surface area contributed by atoms with Crippen molar-refractivity contribution in [1.29, 1.82) is 0 Å². The molecule has 0 amide bonds. The van der Waals surface area contributed by atoms with Crippen molar-refractivity contribution >= 4 is 11.4 Å². The Hall–Kier alpha value is -1.58. The second-order valence-corrected chi connectivity index (χ2v) is 4.55. The van der Waals surface area contributed by atoms with Crippen LogP contribution in [-0.4, -0.2) is 11.5 Å². The fraction of sp³-hybridized carbons (Fsp3) is 0.538. The van der Waals surface area contributed by atoms with Crippen LogP contribution >= 0.6 is 0 Å². The summed E-state index contributed by atoms with van der Waals surface area (Å²) in [6.45, 7) is 7.01. The van der Waals surface area contributed by atoms with E-state index in [4.69, 9.17) is 0 Å². The largest absolute Gasteiger partial charge is 0.379 e. The smallest absolute Gasteiger partial charge is 0.292 e. The Morgan fingerprint density at radius 3 is 2.76 bits per heavy atom. The molecule has 0 aromatic heterocycles. The molecule has 17 heavy (non-hydrogen) atoms. The monoisotopic (exact) mass is 236 g/mol. The predicted octanol–water partition coefficient (Wildman–Crippen LogP) is 3.75. The summed E-state index contributed by atoms with van der Waals surface area (Å²) in [6.07, 6.45) is 2.27. The Morgan fingerprint density at radius 1 is 1.47 bits per heavy atom. The van der Waals surface area contributed by atoms with Crippen LogP contribution in [0.3, 0.4) is 0 Å². The van der Waals surface area contributed by atoms with Crippen molar-refractivity contribution in [2.45, 2.75) is 33.6 Å². The summed E-state index contributed by atoms with van der Waals surface area (Å²) in [6, 6.07) is 5.15. The second-order valence-electron chi connectivity index (χ2n) is 4.55. The van der Waals surface area contributed by atoms with E-state index in [2.05, 4.69) is 19.2 Å². The zero-order chi connectivity index (χ0) is 12.8. The summed E-state index contributed by atoms with van der Waals surface area (Å²) in [5.74, 6) is 0.528.